The van der Waals surface area contributed by atoms with Crippen molar-refractivity contribution in [3.8, 4) is 0 Å². The lowest BCUT2D eigenvalue weighted by Crippen LogP contribution is -2.73. The number of aliphatic hydroxyl groups is 2. The summed E-state index contributed by atoms with van der Waals surface area (Å²) in [5.74, 6) is -4.52. The van der Waals surface area contributed by atoms with Crippen molar-refractivity contribution >= 4 is 29.1 Å². The van der Waals surface area contributed by atoms with Gasteiger partial charge in [0.1, 0.15) is 12.8 Å². The summed E-state index contributed by atoms with van der Waals surface area (Å²) < 4.78 is 38.8. The van der Waals surface area contributed by atoms with Crippen molar-refractivity contribution in [1.29, 1.82) is 0 Å². The molecule has 2 N–H and O–H groups in total. The Morgan fingerprint density at radius 3 is 2.56 bits per heavy atom. The van der Waals surface area contributed by atoms with Gasteiger partial charge in [-0.1, -0.05) is 26.8 Å². The SMILES string of the molecule is CCC(=O)O[C@@]1(C(=O)CO)[C@@H](C)C[C@H]2[C@@H]3[C@H](Cl)[C@@H](F)C4=CC(=O)C=C[C@]4(C)[C@@]3(F)[C@@H](O)C[C@@]21C. The highest BCUT2D eigenvalue weighted by Gasteiger charge is 2.79. The number of esters is 1. The monoisotopic (exact) mass is 500 g/mol. The third kappa shape index (κ3) is 2.82. The highest BCUT2D eigenvalue weighted by Crippen LogP contribution is 2.72. The number of carbonyl (C=O) groups is 3. The molecule has 0 bridgehead atoms. The average Bonchev–Trinajstić information content (AvgIpc) is 3.00. The molecule has 4 aliphatic carbocycles. The molecule has 0 spiro atoms. The van der Waals surface area contributed by atoms with Gasteiger partial charge in [-0.05, 0) is 43.4 Å². The van der Waals surface area contributed by atoms with Crippen molar-refractivity contribution in [3.05, 3.63) is 23.8 Å². The number of Topliss-reactive ketones (excluding diaryl/α,β-unsaturated/α-hetero) is 1. The Labute approximate surface area is 202 Å². The molecule has 0 saturated heterocycles. The van der Waals surface area contributed by atoms with E-state index in [-0.39, 0.29) is 24.8 Å². The Kier molecular flexibility index (Phi) is 5.94. The van der Waals surface area contributed by atoms with Gasteiger partial charge in [-0.2, -0.15) is 0 Å². The summed E-state index contributed by atoms with van der Waals surface area (Å²) in [6.45, 7) is 5.42. The molecule has 0 heterocycles. The van der Waals surface area contributed by atoms with E-state index in [4.69, 9.17) is 16.3 Å². The van der Waals surface area contributed by atoms with Gasteiger partial charge < -0.3 is 14.9 Å². The first-order valence-corrected chi connectivity index (χ1v) is 12.2. The van der Waals surface area contributed by atoms with Crippen molar-refractivity contribution in [2.24, 2.45) is 28.6 Å². The highest BCUT2D eigenvalue weighted by atomic mass is 35.5. The number of hydrogen-bond acceptors (Lipinski definition) is 6. The first kappa shape index (κ1) is 25.5. The Balaban J connectivity index is 1.92. The molecule has 4 rings (SSSR count). The van der Waals surface area contributed by atoms with Crippen LogP contribution >= 0.6 is 11.6 Å². The number of aliphatic hydroxyl groups excluding tert-OH is 2. The first-order chi connectivity index (χ1) is 15.8. The summed E-state index contributed by atoms with van der Waals surface area (Å²) in [5, 5.41) is 19.8. The largest absolute Gasteiger partial charge is 0.450 e. The summed E-state index contributed by atoms with van der Waals surface area (Å²) in [5.41, 5.74) is -7.31. The Morgan fingerprint density at radius 1 is 1.32 bits per heavy atom. The van der Waals surface area contributed by atoms with E-state index in [9.17, 15) is 24.6 Å². The van der Waals surface area contributed by atoms with E-state index in [0.717, 1.165) is 6.08 Å². The standard InChI is InChI=1S/C25H31ClF2O6/c1-5-18(33)34-25(17(32)11-29)12(2)8-14-19-20(26)21(27)15-9-13(30)6-7-22(15,3)24(19,28)16(31)10-23(14,25)4/h6-7,9,12,14,16,19-21,29,31H,5,8,10-11H2,1-4H3/t12-,14-,16-,19+,20-,21-,22-,23-,24+,25+/m0/s1. The lowest BCUT2D eigenvalue weighted by atomic mass is 9.44. The van der Waals surface area contributed by atoms with Gasteiger partial charge in [-0.25, -0.2) is 8.78 Å². The number of carbonyl (C=O) groups excluding carboxylic acids is 3. The fourth-order valence-corrected chi connectivity index (χ4v) is 8.20. The van der Waals surface area contributed by atoms with Crippen molar-refractivity contribution < 1.29 is 38.1 Å². The quantitative estimate of drug-likeness (QED) is 0.454. The Bertz CT molecular complexity index is 998. The predicted molar refractivity (Wildman–Crippen MR) is 119 cm³/mol. The van der Waals surface area contributed by atoms with E-state index in [2.05, 4.69) is 0 Å². The molecule has 188 valence electrons. The van der Waals surface area contributed by atoms with Gasteiger partial charge in [0, 0.05) is 29.1 Å². The van der Waals surface area contributed by atoms with Crippen LogP contribution in [0, 0.1) is 28.6 Å². The minimum absolute atomic E-state index is 0.0251. The number of alkyl halides is 3. The Hall–Kier alpha value is -1.64. The molecule has 0 aromatic heterocycles. The third-order valence-corrected chi connectivity index (χ3v) is 9.80. The topological polar surface area (TPSA) is 101 Å². The van der Waals surface area contributed by atoms with Crippen LogP contribution in [-0.4, -0.2) is 63.3 Å². The number of allylic oxidation sites excluding steroid dienone is 4. The molecule has 0 amide bonds. The molecule has 10 atom stereocenters. The zero-order valence-corrected chi connectivity index (χ0v) is 20.4. The van der Waals surface area contributed by atoms with Crippen molar-refractivity contribution in [1.82, 2.24) is 0 Å². The molecule has 0 unspecified atom stereocenters. The van der Waals surface area contributed by atoms with Gasteiger partial charge in [-0.3, -0.25) is 14.4 Å². The van der Waals surface area contributed by atoms with Crippen molar-refractivity contribution in [3.63, 3.8) is 0 Å². The van der Waals surface area contributed by atoms with Crippen LogP contribution in [0.4, 0.5) is 8.78 Å². The molecule has 6 nitrogen and oxygen atoms in total. The highest BCUT2D eigenvalue weighted by molar-refractivity contribution is 6.22. The lowest BCUT2D eigenvalue weighted by molar-refractivity contribution is -0.230. The third-order valence-electron chi connectivity index (χ3n) is 9.30. The number of rotatable bonds is 4. The molecule has 0 radical (unpaired) electrons. The summed E-state index contributed by atoms with van der Waals surface area (Å²) in [6.07, 6.45) is -0.166. The lowest BCUT2D eigenvalue weighted by Gasteiger charge is -2.64. The second-order valence-electron chi connectivity index (χ2n) is 10.7. The smallest absolute Gasteiger partial charge is 0.306 e. The van der Waals surface area contributed by atoms with Crippen LogP contribution < -0.4 is 0 Å². The predicted octanol–water partition coefficient (Wildman–Crippen LogP) is 3.02. The molecule has 9 heteroatoms. The fraction of sp³-hybridized carbons (Fsp3) is 0.720. The number of halogens is 3. The van der Waals surface area contributed by atoms with Crippen LogP contribution in [0.1, 0.15) is 47.0 Å². The zero-order valence-electron chi connectivity index (χ0n) is 19.7. The normalized spacial score (nSPS) is 49.6. The summed E-state index contributed by atoms with van der Waals surface area (Å²) in [7, 11) is 0. The molecule has 0 aliphatic heterocycles. The minimum Gasteiger partial charge on any atom is -0.450 e. The number of ketones is 2. The fourth-order valence-electron chi connectivity index (χ4n) is 7.70. The molecular formula is C25H31ClF2O6. The average molecular weight is 501 g/mol. The first-order valence-electron chi connectivity index (χ1n) is 11.7. The van der Waals surface area contributed by atoms with Gasteiger partial charge in [-0.15, -0.1) is 11.6 Å². The maximum atomic E-state index is 17.3. The number of hydrogen-bond donors (Lipinski definition) is 2. The Morgan fingerprint density at radius 2 is 1.97 bits per heavy atom. The van der Waals surface area contributed by atoms with Gasteiger partial charge in [0.15, 0.2) is 17.1 Å². The van der Waals surface area contributed by atoms with Crippen LogP contribution in [0.25, 0.3) is 0 Å². The maximum Gasteiger partial charge on any atom is 0.306 e. The number of ether oxygens (including phenoxy) is 1. The van der Waals surface area contributed by atoms with Crippen molar-refractivity contribution in [2.75, 3.05) is 6.61 Å². The molecule has 34 heavy (non-hydrogen) atoms. The van der Waals surface area contributed by atoms with Gasteiger partial charge in [0.05, 0.1) is 11.5 Å². The van der Waals surface area contributed by atoms with E-state index in [1.54, 1.807) is 20.8 Å². The molecule has 0 aromatic carbocycles. The molecule has 3 saturated carbocycles. The number of fused-ring (bicyclic) bond motifs is 5. The van der Waals surface area contributed by atoms with Crippen molar-refractivity contribution in [2.45, 2.75) is 75.9 Å². The summed E-state index contributed by atoms with van der Waals surface area (Å²) in [4.78, 5) is 37.6. The zero-order chi connectivity index (χ0) is 25.4. The van der Waals surface area contributed by atoms with Crippen LogP contribution in [0.5, 0.6) is 0 Å². The van der Waals surface area contributed by atoms with Gasteiger partial charge in [0.2, 0.25) is 5.78 Å². The van der Waals surface area contributed by atoms with E-state index >= 15 is 8.78 Å². The summed E-state index contributed by atoms with van der Waals surface area (Å²) >= 11 is 6.60. The maximum absolute atomic E-state index is 17.3. The van der Waals surface area contributed by atoms with Crippen LogP contribution in [-0.2, 0) is 19.1 Å². The summed E-state index contributed by atoms with van der Waals surface area (Å²) in [6, 6.07) is 0. The molecule has 4 aliphatic rings. The van der Waals surface area contributed by atoms with E-state index < -0.39 is 81.6 Å². The molecule has 0 aromatic rings. The van der Waals surface area contributed by atoms with Gasteiger partial charge in [0.25, 0.3) is 0 Å². The van der Waals surface area contributed by atoms with Crippen LogP contribution in [0.2, 0.25) is 0 Å². The van der Waals surface area contributed by atoms with E-state index in [1.807, 2.05) is 0 Å². The second kappa shape index (κ2) is 7.93. The van der Waals surface area contributed by atoms with Gasteiger partial charge >= 0.3 is 5.97 Å². The van der Waals surface area contributed by atoms with E-state index in [0.29, 0.717) is 0 Å². The molecular weight excluding hydrogens is 470 g/mol. The van der Waals surface area contributed by atoms with Crippen LogP contribution in [0.3, 0.4) is 0 Å². The van der Waals surface area contributed by atoms with E-state index in [1.165, 1.54) is 19.1 Å². The van der Waals surface area contributed by atoms with Crippen LogP contribution in [0.15, 0.2) is 23.8 Å². The minimum atomic E-state index is -2.44. The second-order valence-corrected chi connectivity index (χ2v) is 11.2. The molecule has 3 fully saturated rings.